The van der Waals surface area contributed by atoms with Crippen molar-refractivity contribution in [2.45, 2.75) is 56.5 Å². The molecule has 0 bridgehead atoms. The van der Waals surface area contributed by atoms with Crippen LogP contribution in [0.15, 0.2) is 30.3 Å². The maximum absolute atomic E-state index is 10.6. The maximum Gasteiger partial charge on any atom is 0.0645 e. The normalized spacial score (nSPS) is 20.0. The highest BCUT2D eigenvalue weighted by atomic mass is 16.3. The minimum absolute atomic E-state index is 0.0592. The summed E-state index contributed by atoms with van der Waals surface area (Å²) in [7, 11) is 0. The summed E-state index contributed by atoms with van der Waals surface area (Å²) >= 11 is 0. The van der Waals surface area contributed by atoms with Gasteiger partial charge in [-0.3, -0.25) is 0 Å². The summed E-state index contributed by atoms with van der Waals surface area (Å²) in [4.78, 5) is 0. The molecular weight excluding hydrogens is 220 g/mol. The fourth-order valence-electron chi connectivity index (χ4n) is 3.26. The number of aliphatic hydroxyl groups excluding tert-OH is 1. The van der Waals surface area contributed by atoms with Gasteiger partial charge < -0.3 is 5.11 Å². The Bertz CT molecular complexity index is 395. The van der Waals surface area contributed by atoms with Crippen molar-refractivity contribution < 1.29 is 5.11 Å². The van der Waals surface area contributed by atoms with Crippen LogP contribution in [-0.2, 0) is 5.41 Å². The molecule has 1 fully saturated rings. The van der Waals surface area contributed by atoms with E-state index >= 15 is 0 Å². The lowest BCUT2D eigenvalue weighted by Gasteiger charge is -2.41. The van der Waals surface area contributed by atoms with Gasteiger partial charge in [-0.2, -0.15) is 0 Å². The molecule has 0 aromatic heterocycles. The number of benzene rings is 1. The topological polar surface area (TPSA) is 20.2 Å². The zero-order valence-electron chi connectivity index (χ0n) is 10.9. The molecule has 1 aliphatic carbocycles. The lowest BCUT2D eigenvalue weighted by molar-refractivity contribution is 0.0481. The van der Waals surface area contributed by atoms with Crippen LogP contribution in [-0.4, -0.2) is 11.2 Å². The third-order valence-corrected chi connectivity index (χ3v) is 4.29. The van der Waals surface area contributed by atoms with E-state index in [1.54, 1.807) is 0 Å². The van der Waals surface area contributed by atoms with E-state index in [1.165, 1.54) is 24.8 Å². The van der Waals surface area contributed by atoms with E-state index < -0.39 is 0 Å². The van der Waals surface area contributed by atoms with Crippen molar-refractivity contribution in [2.75, 3.05) is 0 Å². The Morgan fingerprint density at radius 3 is 2.44 bits per heavy atom. The van der Waals surface area contributed by atoms with Crippen LogP contribution in [0, 0.1) is 12.3 Å². The number of rotatable bonds is 4. The highest BCUT2D eigenvalue weighted by molar-refractivity contribution is 5.27. The SMILES string of the molecule is C#CCCC(O)C1(c2ccccc2)CCCCC1. The molecule has 0 amide bonds. The van der Waals surface area contributed by atoms with Crippen LogP contribution in [0.5, 0.6) is 0 Å². The average Bonchev–Trinajstić information content (AvgIpc) is 2.46. The summed E-state index contributed by atoms with van der Waals surface area (Å²) in [5.74, 6) is 2.65. The van der Waals surface area contributed by atoms with E-state index in [0.29, 0.717) is 12.8 Å². The van der Waals surface area contributed by atoms with Crippen molar-refractivity contribution in [3.8, 4) is 12.3 Å². The molecule has 0 spiro atoms. The molecule has 1 heteroatoms. The van der Waals surface area contributed by atoms with Crippen LogP contribution in [0.25, 0.3) is 0 Å². The number of terminal acetylenes is 1. The van der Waals surface area contributed by atoms with E-state index in [2.05, 4.69) is 30.2 Å². The van der Waals surface area contributed by atoms with Gasteiger partial charge in [0.25, 0.3) is 0 Å². The predicted molar refractivity (Wildman–Crippen MR) is 75.3 cm³/mol. The largest absolute Gasteiger partial charge is 0.392 e. The molecule has 0 saturated heterocycles. The van der Waals surface area contributed by atoms with Gasteiger partial charge in [-0.1, -0.05) is 49.6 Å². The first-order chi connectivity index (χ1) is 8.79. The van der Waals surface area contributed by atoms with E-state index in [0.717, 1.165) is 12.8 Å². The summed E-state index contributed by atoms with van der Waals surface area (Å²) in [5, 5.41) is 10.6. The van der Waals surface area contributed by atoms with Gasteiger partial charge in [0.1, 0.15) is 0 Å². The quantitative estimate of drug-likeness (QED) is 0.799. The van der Waals surface area contributed by atoms with Crippen molar-refractivity contribution in [1.82, 2.24) is 0 Å². The molecule has 1 aromatic carbocycles. The molecule has 1 saturated carbocycles. The standard InChI is InChI=1S/C17H22O/c1-2-3-12-16(18)17(13-8-5-9-14-17)15-10-6-4-7-11-15/h1,4,6-7,10-11,16,18H,3,5,8-9,12-14H2. The Kier molecular flexibility index (Phi) is 4.44. The average molecular weight is 242 g/mol. The Balaban J connectivity index is 2.26. The zero-order chi connectivity index (χ0) is 12.8. The highest BCUT2D eigenvalue weighted by Gasteiger charge is 2.39. The van der Waals surface area contributed by atoms with Crippen LogP contribution in [0.4, 0.5) is 0 Å². The fourth-order valence-corrected chi connectivity index (χ4v) is 3.26. The predicted octanol–water partition coefficient (Wildman–Crippen LogP) is 3.66. The van der Waals surface area contributed by atoms with Crippen LogP contribution in [0.3, 0.4) is 0 Å². The van der Waals surface area contributed by atoms with Gasteiger partial charge >= 0.3 is 0 Å². The highest BCUT2D eigenvalue weighted by Crippen LogP contribution is 2.43. The molecule has 0 radical (unpaired) electrons. The summed E-state index contributed by atoms with van der Waals surface area (Å²) in [6, 6.07) is 10.5. The van der Waals surface area contributed by atoms with Crippen molar-refractivity contribution in [3.05, 3.63) is 35.9 Å². The molecule has 1 unspecified atom stereocenters. The number of hydrogen-bond donors (Lipinski definition) is 1. The third-order valence-electron chi connectivity index (χ3n) is 4.29. The molecule has 1 nitrogen and oxygen atoms in total. The first-order valence-corrected chi connectivity index (χ1v) is 6.97. The molecule has 1 aliphatic rings. The second-order valence-corrected chi connectivity index (χ2v) is 5.34. The molecule has 2 rings (SSSR count). The minimum Gasteiger partial charge on any atom is -0.392 e. The Labute approximate surface area is 110 Å². The number of hydrogen-bond acceptors (Lipinski definition) is 1. The van der Waals surface area contributed by atoms with Gasteiger partial charge in [-0.05, 0) is 24.8 Å². The molecule has 1 atom stereocenters. The lowest BCUT2D eigenvalue weighted by atomic mass is 9.65. The molecule has 0 aliphatic heterocycles. The van der Waals surface area contributed by atoms with Gasteiger partial charge in [0, 0.05) is 11.8 Å². The van der Waals surface area contributed by atoms with Crippen molar-refractivity contribution in [1.29, 1.82) is 0 Å². The molecule has 1 N–H and O–H groups in total. The molecule has 96 valence electrons. The molecule has 18 heavy (non-hydrogen) atoms. The molecule has 0 heterocycles. The summed E-state index contributed by atoms with van der Waals surface area (Å²) in [6.45, 7) is 0. The van der Waals surface area contributed by atoms with Crippen molar-refractivity contribution in [3.63, 3.8) is 0 Å². The minimum atomic E-state index is -0.309. The Morgan fingerprint density at radius 1 is 1.17 bits per heavy atom. The second-order valence-electron chi connectivity index (χ2n) is 5.34. The van der Waals surface area contributed by atoms with Crippen LogP contribution in [0.2, 0.25) is 0 Å². The first kappa shape index (κ1) is 13.2. The monoisotopic (exact) mass is 242 g/mol. The van der Waals surface area contributed by atoms with Crippen LogP contribution < -0.4 is 0 Å². The van der Waals surface area contributed by atoms with Crippen LogP contribution >= 0.6 is 0 Å². The summed E-state index contributed by atoms with van der Waals surface area (Å²) in [6.07, 6.45) is 12.3. The van der Waals surface area contributed by atoms with Gasteiger partial charge in [0.15, 0.2) is 0 Å². The number of aliphatic hydroxyl groups is 1. The zero-order valence-corrected chi connectivity index (χ0v) is 10.9. The molecular formula is C17H22O. The fraction of sp³-hybridized carbons (Fsp3) is 0.529. The summed E-state index contributed by atoms with van der Waals surface area (Å²) < 4.78 is 0. The van der Waals surface area contributed by atoms with E-state index in [9.17, 15) is 5.11 Å². The Hall–Kier alpha value is -1.26. The lowest BCUT2D eigenvalue weighted by Crippen LogP contribution is -2.41. The third kappa shape index (κ3) is 2.60. The van der Waals surface area contributed by atoms with Gasteiger partial charge in [0.2, 0.25) is 0 Å². The Morgan fingerprint density at radius 2 is 1.83 bits per heavy atom. The smallest absolute Gasteiger partial charge is 0.0645 e. The van der Waals surface area contributed by atoms with E-state index in [-0.39, 0.29) is 11.5 Å². The maximum atomic E-state index is 10.6. The van der Waals surface area contributed by atoms with Gasteiger partial charge in [-0.15, -0.1) is 12.3 Å². The van der Waals surface area contributed by atoms with Gasteiger partial charge in [-0.25, -0.2) is 0 Å². The van der Waals surface area contributed by atoms with Crippen molar-refractivity contribution >= 4 is 0 Å². The second kappa shape index (κ2) is 6.07. The molecule has 1 aromatic rings. The van der Waals surface area contributed by atoms with E-state index in [1.807, 2.05) is 6.07 Å². The van der Waals surface area contributed by atoms with Crippen LogP contribution in [0.1, 0.15) is 50.5 Å². The first-order valence-electron chi connectivity index (χ1n) is 6.97. The summed E-state index contributed by atoms with van der Waals surface area (Å²) in [5.41, 5.74) is 1.23. The van der Waals surface area contributed by atoms with Gasteiger partial charge in [0.05, 0.1) is 6.10 Å². The van der Waals surface area contributed by atoms with Crippen molar-refractivity contribution in [2.24, 2.45) is 0 Å². The van der Waals surface area contributed by atoms with E-state index in [4.69, 9.17) is 6.42 Å².